The van der Waals surface area contributed by atoms with Crippen molar-refractivity contribution < 1.29 is 27.9 Å². The molecular formula is C14H17F3N2O3. The summed E-state index contributed by atoms with van der Waals surface area (Å²) in [4.78, 5) is 23.0. The SMILES string of the molecule is CCC(C)C(O)CNC(=O)C(=O)Nc1ccc(F)c(F)c1F. The predicted octanol–water partition coefficient (Wildman–Crippen LogP) is 1.57. The molecule has 122 valence electrons. The minimum absolute atomic E-state index is 0.0769. The molecule has 1 rings (SSSR count). The first kappa shape index (κ1) is 18.0. The Balaban J connectivity index is 2.62. The number of hydrogen-bond acceptors (Lipinski definition) is 3. The van der Waals surface area contributed by atoms with Gasteiger partial charge in [-0.15, -0.1) is 0 Å². The van der Waals surface area contributed by atoms with Crippen LogP contribution in [-0.2, 0) is 9.59 Å². The van der Waals surface area contributed by atoms with E-state index < -0.39 is 41.1 Å². The normalized spacial score (nSPS) is 13.4. The van der Waals surface area contributed by atoms with E-state index in [0.29, 0.717) is 12.5 Å². The first-order valence-corrected chi connectivity index (χ1v) is 6.68. The van der Waals surface area contributed by atoms with Crippen molar-refractivity contribution in [2.24, 2.45) is 5.92 Å². The Morgan fingerprint density at radius 2 is 1.82 bits per heavy atom. The van der Waals surface area contributed by atoms with Crippen LogP contribution in [0.2, 0.25) is 0 Å². The van der Waals surface area contributed by atoms with Crippen molar-refractivity contribution in [1.29, 1.82) is 0 Å². The molecule has 0 saturated heterocycles. The Labute approximate surface area is 125 Å². The molecule has 0 aliphatic rings. The fraction of sp³-hybridized carbons (Fsp3) is 0.429. The van der Waals surface area contributed by atoms with Crippen LogP contribution in [0.3, 0.4) is 0 Å². The summed E-state index contributed by atoms with van der Waals surface area (Å²) < 4.78 is 39.1. The van der Waals surface area contributed by atoms with Gasteiger partial charge in [-0.05, 0) is 18.1 Å². The molecule has 5 nitrogen and oxygen atoms in total. The number of aliphatic hydroxyl groups is 1. The van der Waals surface area contributed by atoms with Crippen molar-refractivity contribution in [1.82, 2.24) is 5.32 Å². The Kier molecular flexibility index (Phi) is 6.36. The van der Waals surface area contributed by atoms with Gasteiger partial charge in [0.1, 0.15) is 0 Å². The first-order valence-electron chi connectivity index (χ1n) is 6.68. The van der Waals surface area contributed by atoms with Crippen molar-refractivity contribution in [3.63, 3.8) is 0 Å². The van der Waals surface area contributed by atoms with Crippen LogP contribution in [-0.4, -0.2) is 29.6 Å². The molecule has 0 heterocycles. The second-order valence-electron chi connectivity index (χ2n) is 4.84. The lowest BCUT2D eigenvalue weighted by Gasteiger charge is -2.17. The number of amides is 2. The van der Waals surface area contributed by atoms with Gasteiger partial charge in [-0.3, -0.25) is 9.59 Å². The number of aliphatic hydroxyl groups excluding tert-OH is 1. The smallest absolute Gasteiger partial charge is 0.313 e. The highest BCUT2D eigenvalue weighted by atomic mass is 19.2. The van der Waals surface area contributed by atoms with Crippen molar-refractivity contribution in [2.75, 3.05) is 11.9 Å². The van der Waals surface area contributed by atoms with Crippen molar-refractivity contribution in [3.05, 3.63) is 29.6 Å². The fourth-order valence-corrected chi connectivity index (χ4v) is 1.55. The zero-order valence-electron chi connectivity index (χ0n) is 12.1. The highest BCUT2D eigenvalue weighted by Crippen LogP contribution is 2.19. The summed E-state index contributed by atoms with van der Waals surface area (Å²) in [6.45, 7) is 3.48. The highest BCUT2D eigenvalue weighted by Gasteiger charge is 2.20. The summed E-state index contributed by atoms with van der Waals surface area (Å²) in [5, 5.41) is 13.7. The van der Waals surface area contributed by atoms with E-state index in [0.717, 1.165) is 6.07 Å². The van der Waals surface area contributed by atoms with Crippen molar-refractivity contribution >= 4 is 17.5 Å². The monoisotopic (exact) mass is 318 g/mol. The number of hydrogen-bond donors (Lipinski definition) is 3. The molecule has 1 aromatic carbocycles. The van der Waals surface area contributed by atoms with Gasteiger partial charge >= 0.3 is 11.8 Å². The van der Waals surface area contributed by atoms with Gasteiger partial charge in [0.05, 0.1) is 11.8 Å². The van der Waals surface area contributed by atoms with E-state index in [2.05, 4.69) is 5.32 Å². The Hall–Kier alpha value is -2.09. The number of carbonyl (C=O) groups excluding carboxylic acids is 2. The average Bonchev–Trinajstić information content (AvgIpc) is 2.51. The zero-order chi connectivity index (χ0) is 16.9. The number of rotatable bonds is 5. The average molecular weight is 318 g/mol. The standard InChI is InChI=1S/C14H17F3N2O3/c1-3-7(2)10(20)6-18-13(21)14(22)19-9-5-4-8(15)11(16)12(9)17/h4-5,7,10,20H,3,6H2,1-2H3,(H,18,21)(H,19,22). The summed E-state index contributed by atoms with van der Waals surface area (Å²) in [6.07, 6.45) is -0.148. The minimum Gasteiger partial charge on any atom is -0.391 e. The predicted molar refractivity (Wildman–Crippen MR) is 73.4 cm³/mol. The van der Waals surface area contributed by atoms with Crippen LogP contribution in [0.1, 0.15) is 20.3 Å². The van der Waals surface area contributed by atoms with Crippen LogP contribution < -0.4 is 10.6 Å². The van der Waals surface area contributed by atoms with Gasteiger partial charge in [0.25, 0.3) is 0 Å². The molecule has 0 aliphatic carbocycles. The molecule has 0 saturated carbocycles. The molecule has 2 unspecified atom stereocenters. The first-order chi connectivity index (χ1) is 10.3. The van der Waals surface area contributed by atoms with Gasteiger partial charge in [0.15, 0.2) is 17.5 Å². The third kappa shape index (κ3) is 4.45. The van der Waals surface area contributed by atoms with Crippen LogP contribution in [0.5, 0.6) is 0 Å². The fourth-order valence-electron chi connectivity index (χ4n) is 1.55. The van der Waals surface area contributed by atoms with E-state index in [-0.39, 0.29) is 12.5 Å². The molecule has 8 heteroatoms. The third-order valence-electron chi connectivity index (χ3n) is 3.26. The maximum atomic E-state index is 13.4. The number of benzene rings is 1. The lowest BCUT2D eigenvalue weighted by atomic mass is 10.0. The van der Waals surface area contributed by atoms with Gasteiger partial charge in [0.2, 0.25) is 0 Å². The number of halogens is 3. The maximum absolute atomic E-state index is 13.4. The number of carbonyl (C=O) groups is 2. The molecule has 3 N–H and O–H groups in total. The summed E-state index contributed by atoms with van der Waals surface area (Å²) in [5.41, 5.74) is -0.651. The number of nitrogens with one attached hydrogen (secondary N) is 2. The van der Waals surface area contributed by atoms with E-state index in [4.69, 9.17) is 0 Å². The van der Waals surface area contributed by atoms with Gasteiger partial charge < -0.3 is 15.7 Å². The Morgan fingerprint density at radius 1 is 1.18 bits per heavy atom. The molecule has 2 amide bonds. The quantitative estimate of drug-likeness (QED) is 0.569. The van der Waals surface area contributed by atoms with Crippen LogP contribution >= 0.6 is 0 Å². The maximum Gasteiger partial charge on any atom is 0.313 e. The van der Waals surface area contributed by atoms with E-state index in [1.165, 1.54) is 0 Å². The lowest BCUT2D eigenvalue weighted by Crippen LogP contribution is -2.41. The molecule has 0 radical (unpaired) electrons. The largest absolute Gasteiger partial charge is 0.391 e. The lowest BCUT2D eigenvalue weighted by molar-refractivity contribution is -0.136. The summed E-state index contributed by atoms with van der Waals surface area (Å²) in [7, 11) is 0. The minimum atomic E-state index is -1.74. The van der Waals surface area contributed by atoms with E-state index in [1.807, 2.05) is 12.2 Å². The molecule has 1 aromatic rings. The second kappa shape index (κ2) is 7.79. The zero-order valence-corrected chi connectivity index (χ0v) is 12.1. The van der Waals surface area contributed by atoms with E-state index in [1.54, 1.807) is 6.92 Å². The summed E-state index contributed by atoms with van der Waals surface area (Å²) >= 11 is 0. The Morgan fingerprint density at radius 3 is 2.41 bits per heavy atom. The molecule has 0 bridgehead atoms. The molecule has 2 atom stereocenters. The van der Waals surface area contributed by atoms with Gasteiger partial charge in [-0.1, -0.05) is 20.3 Å². The van der Waals surface area contributed by atoms with Gasteiger partial charge in [-0.25, -0.2) is 13.2 Å². The van der Waals surface area contributed by atoms with Crippen molar-refractivity contribution in [3.8, 4) is 0 Å². The summed E-state index contributed by atoms with van der Waals surface area (Å²) in [6, 6.07) is 1.42. The Bertz CT molecular complexity index is 567. The third-order valence-corrected chi connectivity index (χ3v) is 3.26. The molecule has 0 fully saturated rings. The number of anilines is 1. The molecular weight excluding hydrogens is 301 g/mol. The van der Waals surface area contributed by atoms with Crippen LogP contribution in [0.15, 0.2) is 12.1 Å². The molecule has 0 spiro atoms. The van der Waals surface area contributed by atoms with Gasteiger partial charge in [0, 0.05) is 6.54 Å². The van der Waals surface area contributed by atoms with Crippen LogP contribution in [0.4, 0.5) is 18.9 Å². The van der Waals surface area contributed by atoms with Crippen molar-refractivity contribution in [2.45, 2.75) is 26.4 Å². The summed E-state index contributed by atoms with van der Waals surface area (Å²) in [5.74, 6) is -7.19. The molecule has 0 aliphatic heterocycles. The van der Waals surface area contributed by atoms with E-state index >= 15 is 0 Å². The topological polar surface area (TPSA) is 78.4 Å². The van der Waals surface area contributed by atoms with Crippen LogP contribution in [0, 0.1) is 23.4 Å². The van der Waals surface area contributed by atoms with E-state index in [9.17, 15) is 27.9 Å². The molecule has 22 heavy (non-hydrogen) atoms. The molecule has 0 aromatic heterocycles. The van der Waals surface area contributed by atoms with Crippen LogP contribution in [0.25, 0.3) is 0 Å². The van der Waals surface area contributed by atoms with Gasteiger partial charge in [-0.2, -0.15) is 0 Å². The second-order valence-corrected chi connectivity index (χ2v) is 4.84. The highest BCUT2D eigenvalue weighted by molar-refractivity contribution is 6.39.